The van der Waals surface area contributed by atoms with Crippen LogP contribution >= 0.6 is 0 Å². The summed E-state index contributed by atoms with van der Waals surface area (Å²) in [6.07, 6.45) is 6.96. The van der Waals surface area contributed by atoms with Crippen LogP contribution in [0.15, 0.2) is 24.3 Å². The Morgan fingerprint density at radius 2 is 1.87 bits per heavy atom. The van der Waals surface area contributed by atoms with E-state index in [0.29, 0.717) is 12.0 Å². The molecule has 3 saturated heterocycles. The summed E-state index contributed by atoms with van der Waals surface area (Å²) in [5, 5.41) is 10.2. The van der Waals surface area contributed by atoms with Gasteiger partial charge in [-0.3, -0.25) is 4.90 Å². The van der Waals surface area contributed by atoms with E-state index in [1.807, 2.05) is 0 Å². The van der Waals surface area contributed by atoms with Crippen LogP contribution in [-0.2, 0) is 4.74 Å². The summed E-state index contributed by atoms with van der Waals surface area (Å²) in [6.45, 7) is 8.93. The fourth-order valence-corrected chi connectivity index (χ4v) is 5.55. The van der Waals surface area contributed by atoms with Gasteiger partial charge in [-0.25, -0.2) is 0 Å². The highest BCUT2D eigenvalue weighted by Crippen LogP contribution is 2.42. The van der Waals surface area contributed by atoms with Gasteiger partial charge >= 0.3 is 0 Å². The molecule has 1 aromatic rings. The van der Waals surface area contributed by atoms with E-state index < -0.39 is 0 Å². The first-order chi connectivity index (χ1) is 14.8. The molecule has 0 unspecified atom stereocenters. The topological polar surface area (TPSA) is 35.9 Å². The van der Waals surface area contributed by atoms with Gasteiger partial charge in [0.25, 0.3) is 0 Å². The SMILES string of the molecule is CCCC#Cc1ccc([C@@H]2[C@H]3CN(CC4CCOCC4)CCCCN3[C@H]2CO)cc1. The fourth-order valence-electron chi connectivity index (χ4n) is 5.55. The normalized spacial score (nSPS) is 28.5. The van der Waals surface area contributed by atoms with E-state index >= 15 is 0 Å². The zero-order valence-electron chi connectivity index (χ0n) is 18.6. The maximum atomic E-state index is 10.2. The summed E-state index contributed by atoms with van der Waals surface area (Å²) in [6, 6.07) is 9.61. The fraction of sp³-hybridized carbons (Fsp3) is 0.692. The molecule has 1 N–H and O–H groups in total. The third kappa shape index (κ3) is 5.08. The van der Waals surface area contributed by atoms with Crippen molar-refractivity contribution in [2.24, 2.45) is 5.92 Å². The van der Waals surface area contributed by atoms with Crippen molar-refractivity contribution in [3.8, 4) is 11.8 Å². The lowest BCUT2D eigenvalue weighted by molar-refractivity contribution is -0.0677. The number of rotatable bonds is 5. The Morgan fingerprint density at radius 3 is 2.60 bits per heavy atom. The van der Waals surface area contributed by atoms with Gasteiger partial charge < -0.3 is 14.7 Å². The second-order valence-corrected chi connectivity index (χ2v) is 9.28. The highest BCUT2D eigenvalue weighted by molar-refractivity contribution is 5.39. The Kier molecular flexibility index (Phi) is 7.84. The number of hydrogen-bond acceptors (Lipinski definition) is 4. The van der Waals surface area contributed by atoms with Crippen molar-refractivity contribution >= 4 is 0 Å². The number of nitrogens with zero attached hydrogens (tertiary/aromatic N) is 2. The van der Waals surface area contributed by atoms with Crippen LogP contribution in [0.2, 0.25) is 0 Å². The molecule has 0 bridgehead atoms. The first kappa shape index (κ1) is 21.8. The zero-order valence-corrected chi connectivity index (χ0v) is 18.6. The van der Waals surface area contributed by atoms with Crippen molar-refractivity contribution < 1.29 is 9.84 Å². The maximum Gasteiger partial charge on any atom is 0.0593 e. The van der Waals surface area contributed by atoms with Crippen molar-refractivity contribution in [2.75, 3.05) is 46.0 Å². The van der Waals surface area contributed by atoms with Gasteiger partial charge in [0, 0.05) is 56.3 Å². The standard InChI is InChI=1S/C26H38N2O2/c1-2-3-4-7-21-8-10-23(11-9-21)26-24-19-27(18-22-12-16-30-17-13-22)14-5-6-15-28(24)25(26)20-29/h8-11,22,24-26,29H,2-3,5-6,12-20H2,1H3/t24-,25+,26-/m1/s1. The van der Waals surface area contributed by atoms with E-state index in [1.165, 1.54) is 44.3 Å². The molecule has 4 heteroatoms. The average Bonchev–Trinajstić information content (AvgIpc) is 2.76. The molecular weight excluding hydrogens is 372 g/mol. The Bertz CT molecular complexity index is 717. The molecule has 0 amide bonds. The monoisotopic (exact) mass is 410 g/mol. The molecular formula is C26H38N2O2. The molecule has 1 aromatic carbocycles. The van der Waals surface area contributed by atoms with E-state index in [1.54, 1.807) is 0 Å². The summed E-state index contributed by atoms with van der Waals surface area (Å²) in [5.74, 6) is 7.71. The number of fused-ring (bicyclic) bond motifs is 1. The highest BCUT2D eigenvalue weighted by Gasteiger charge is 2.49. The van der Waals surface area contributed by atoms with Crippen LogP contribution in [0.1, 0.15) is 62.5 Å². The molecule has 0 aromatic heterocycles. The smallest absolute Gasteiger partial charge is 0.0593 e. The molecule has 3 aliphatic heterocycles. The van der Waals surface area contributed by atoms with Gasteiger partial charge in [-0.05, 0) is 68.8 Å². The van der Waals surface area contributed by atoms with E-state index in [-0.39, 0.29) is 12.6 Å². The maximum absolute atomic E-state index is 10.2. The van der Waals surface area contributed by atoms with Crippen molar-refractivity contribution in [3.05, 3.63) is 35.4 Å². The summed E-state index contributed by atoms with van der Waals surface area (Å²) in [7, 11) is 0. The molecule has 4 nitrogen and oxygen atoms in total. The third-order valence-corrected chi connectivity index (χ3v) is 7.21. The molecule has 0 radical (unpaired) electrons. The van der Waals surface area contributed by atoms with Crippen LogP contribution in [-0.4, -0.2) is 73.0 Å². The van der Waals surface area contributed by atoms with Gasteiger partial charge in [0.05, 0.1) is 6.61 Å². The van der Waals surface area contributed by atoms with Gasteiger partial charge in [-0.15, -0.1) is 0 Å². The molecule has 0 aliphatic carbocycles. The van der Waals surface area contributed by atoms with Crippen LogP contribution in [0.25, 0.3) is 0 Å². The molecule has 3 aliphatic rings. The quantitative estimate of drug-likeness (QED) is 0.754. The van der Waals surface area contributed by atoms with E-state index in [0.717, 1.165) is 50.6 Å². The highest BCUT2D eigenvalue weighted by atomic mass is 16.5. The molecule has 30 heavy (non-hydrogen) atoms. The lowest BCUT2D eigenvalue weighted by atomic mass is 9.74. The van der Waals surface area contributed by atoms with Crippen LogP contribution < -0.4 is 0 Å². The van der Waals surface area contributed by atoms with Gasteiger partial charge in [0.1, 0.15) is 0 Å². The van der Waals surface area contributed by atoms with Crippen molar-refractivity contribution in [1.29, 1.82) is 0 Å². The van der Waals surface area contributed by atoms with Gasteiger partial charge in [0.2, 0.25) is 0 Å². The van der Waals surface area contributed by atoms with Crippen LogP contribution in [0, 0.1) is 17.8 Å². The van der Waals surface area contributed by atoms with Crippen LogP contribution in [0.5, 0.6) is 0 Å². The number of aliphatic hydroxyl groups excluding tert-OH is 1. The average molecular weight is 411 g/mol. The number of aliphatic hydroxyl groups is 1. The van der Waals surface area contributed by atoms with Crippen LogP contribution in [0.4, 0.5) is 0 Å². The summed E-state index contributed by atoms with van der Waals surface area (Å²) in [4.78, 5) is 5.29. The lowest BCUT2D eigenvalue weighted by Crippen LogP contribution is -2.67. The van der Waals surface area contributed by atoms with Crippen molar-refractivity contribution in [3.63, 3.8) is 0 Å². The lowest BCUT2D eigenvalue weighted by Gasteiger charge is -2.57. The Labute approximate surface area is 182 Å². The molecule has 3 fully saturated rings. The molecule has 4 rings (SSSR count). The Morgan fingerprint density at radius 1 is 1.10 bits per heavy atom. The molecule has 3 atom stereocenters. The first-order valence-corrected chi connectivity index (χ1v) is 12.1. The predicted molar refractivity (Wildman–Crippen MR) is 122 cm³/mol. The van der Waals surface area contributed by atoms with E-state index in [9.17, 15) is 5.11 Å². The number of unbranched alkanes of at least 4 members (excludes halogenated alkanes) is 1. The Hall–Kier alpha value is -1.38. The number of benzene rings is 1. The minimum atomic E-state index is 0.249. The van der Waals surface area contributed by atoms with Crippen molar-refractivity contribution in [1.82, 2.24) is 9.80 Å². The summed E-state index contributed by atoms with van der Waals surface area (Å²) in [5.41, 5.74) is 2.46. The predicted octanol–water partition coefficient (Wildman–Crippen LogP) is 3.49. The summed E-state index contributed by atoms with van der Waals surface area (Å²) < 4.78 is 5.56. The second-order valence-electron chi connectivity index (χ2n) is 9.28. The minimum Gasteiger partial charge on any atom is -0.395 e. The molecule has 0 saturated carbocycles. The zero-order chi connectivity index (χ0) is 20.8. The van der Waals surface area contributed by atoms with Crippen LogP contribution in [0.3, 0.4) is 0 Å². The van der Waals surface area contributed by atoms with Gasteiger partial charge in [0.15, 0.2) is 0 Å². The van der Waals surface area contributed by atoms with E-state index in [4.69, 9.17) is 4.74 Å². The molecule has 3 heterocycles. The summed E-state index contributed by atoms with van der Waals surface area (Å²) >= 11 is 0. The Balaban J connectivity index is 1.46. The second kappa shape index (κ2) is 10.8. The van der Waals surface area contributed by atoms with Gasteiger partial charge in [-0.2, -0.15) is 0 Å². The van der Waals surface area contributed by atoms with E-state index in [2.05, 4.69) is 52.8 Å². The largest absolute Gasteiger partial charge is 0.395 e. The van der Waals surface area contributed by atoms with Crippen molar-refractivity contribution in [2.45, 2.75) is 63.5 Å². The molecule has 164 valence electrons. The first-order valence-electron chi connectivity index (χ1n) is 12.1. The van der Waals surface area contributed by atoms with Gasteiger partial charge in [-0.1, -0.05) is 30.9 Å². The third-order valence-electron chi connectivity index (χ3n) is 7.21. The number of ether oxygens (including phenoxy) is 1. The molecule has 0 spiro atoms. The minimum absolute atomic E-state index is 0.249. The number of hydrogen-bond donors (Lipinski definition) is 1.